The van der Waals surface area contributed by atoms with Gasteiger partial charge in [0.1, 0.15) is 13.2 Å². The molecule has 0 amide bonds. The Bertz CT molecular complexity index is 433. The zero-order valence-corrected chi connectivity index (χ0v) is 10.8. The van der Waals surface area contributed by atoms with Crippen molar-refractivity contribution in [2.45, 2.75) is 32.9 Å². The van der Waals surface area contributed by atoms with Gasteiger partial charge in [0.25, 0.3) is 0 Å². The minimum Gasteiger partial charge on any atom is -0.450 e. The summed E-state index contributed by atoms with van der Waals surface area (Å²) >= 11 is 0. The van der Waals surface area contributed by atoms with Gasteiger partial charge in [-0.25, -0.2) is 4.79 Å². The van der Waals surface area contributed by atoms with Gasteiger partial charge in [0.2, 0.25) is 0 Å². The first-order valence-electron chi connectivity index (χ1n) is 5.70. The number of ether oxygens (including phenoxy) is 2. The van der Waals surface area contributed by atoms with E-state index in [1.165, 1.54) is 11.7 Å². The van der Waals surface area contributed by atoms with Crippen molar-refractivity contribution in [3.63, 3.8) is 0 Å². The smallest absolute Gasteiger partial charge is 0.450 e. The minimum absolute atomic E-state index is 0.0105. The molecular formula is C10H16N4O5. The van der Waals surface area contributed by atoms with Crippen molar-refractivity contribution in [3.05, 3.63) is 5.82 Å². The molecule has 0 saturated carbocycles. The van der Waals surface area contributed by atoms with Crippen molar-refractivity contribution in [1.29, 1.82) is 0 Å². The summed E-state index contributed by atoms with van der Waals surface area (Å²) in [6.45, 7) is 3.42. The highest BCUT2D eigenvalue weighted by Crippen LogP contribution is 2.07. The van der Waals surface area contributed by atoms with Gasteiger partial charge in [-0.15, -0.1) is 10.2 Å². The van der Waals surface area contributed by atoms with Crippen LogP contribution in [-0.4, -0.2) is 50.5 Å². The van der Waals surface area contributed by atoms with Crippen molar-refractivity contribution in [3.8, 4) is 0 Å². The quantitative estimate of drug-likeness (QED) is 0.677. The van der Waals surface area contributed by atoms with Gasteiger partial charge in [0.05, 0.1) is 12.6 Å². The zero-order chi connectivity index (χ0) is 14.3. The van der Waals surface area contributed by atoms with E-state index in [-0.39, 0.29) is 31.6 Å². The largest absolute Gasteiger partial charge is 0.505 e. The number of carbonyl (C=O) groups excluding carboxylic acids is 1. The number of ketones is 1. The predicted molar refractivity (Wildman–Crippen MR) is 61.5 cm³/mol. The Balaban J connectivity index is 2.36. The molecule has 1 N–H and O–H groups in total. The average Bonchev–Trinajstić information content (AvgIpc) is 2.76. The van der Waals surface area contributed by atoms with Crippen LogP contribution in [0.5, 0.6) is 0 Å². The maximum atomic E-state index is 10.7. The van der Waals surface area contributed by atoms with Gasteiger partial charge in [-0.1, -0.05) is 0 Å². The predicted octanol–water partition coefficient (Wildman–Crippen LogP) is 0.424. The number of aromatic nitrogens is 4. The maximum absolute atomic E-state index is 10.7. The maximum Gasteiger partial charge on any atom is 0.505 e. The van der Waals surface area contributed by atoms with E-state index < -0.39 is 6.16 Å². The third-order valence-electron chi connectivity index (χ3n) is 2.16. The second kappa shape index (κ2) is 7.41. The zero-order valence-electron chi connectivity index (χ0n) is 10.8. The summed E-state index contributed by atoms with van der Waals surface area (Å²) in [5, 5.41) is 20.0. The van der Waals surface area contributed by atoms with Crippen LogP contribution in [0, 0.1) is 0 Å². The Hall–Kier alpha value is -2.03. The van der Waals surface area contributed by atoms with Crippen LogP contribution in [0.4, 0.5) is 4.79 Å². The van der Waals surface area contributed by atoms with Gasteiger partial charge in [-0.2, -0.15) is 4.80 Å². The Labute approximate surface area is 109 Å². The molecule has 9 heteroatoms. The van der Waals surface area contributed by atoms with Crippen LogP contribution in [0.3, 0.4) is 0 Å². The number of rotatable bonds is 8. The number of carboxylic acid groups (broad SMARTS) is 1. The standard InChI is InChI=1S/C10H16N4O5/c1-7(3-4-19-10(16)17)14-12-9(11-13-14)6-18-5-8(2)15/h7H,3-6H2,1-2H3,(H,16,17)/t7-/m0/s1. The number of Topliss-reactive ketones (excluding diaryl/α,β-unsaturated/α-hetero) is 1. The highest BCUT2D eigenvalue weighted by molar-refractivity contribution is 5.76. The first kappa shape index (κ1) is 15.0. The molecule has 0 bridgehead atoms. The van der Waals surface area contributed by atoms with Crippen LogP contribution in [0.1, 0.15) is 32.1 Å². The summed E-state index contributed by atoms with van der Waals surface area (Å²) in [5.74, 6) is 0.291. The van der Waals surface area contributed by atoms with Gasteiger partial charge in [0, 0.05) is 6.42 Å². The number of tetrazole rings is 1. The third kappa shape index (κ3) is 5.91. The Morgan fingerprint density at radius 1 is 1.47 bits per heavy atom. The lowest BCUT2D eigenvalue weighted by atomic mass is 10.3. The number of hydrogen-bond acceptors (Lipinski definition) is 7. The van der Waals surface area contributed by atoms with Crippen molar-refractivity contribution < 1.29 is 24.2 Å². The van der Waals surface area contributed by atoms with E-state index in [0.29, 0.717) is 12.2 Å². The molecule has 1 aromatic rings. The van der Waals surface area contributed by atoms with Gasteiger partial charge < -0.3 is 14.6 Å². The molecule has 106 valence electrons. The SMILES string of the molecule is CC(=O)COCc1nnn([C@@H](C)CCOC(=O)O)n1. The summed E-state index contributed by atoms with van der Waals surface area (Å²) in [4.78, 5) is 22.2. The van der Waals surface area contributed by atoms with E-state index in [1.54, 1.807) is 0 Å². The lowest BCUT2D eigenvalue weighted by Gasteiger charge is -2.08. The van der Waals surface area contributed by atoms with E-state index in [1.807, 2.05) is 6.92 Å². The van der Waals surface area contributed by atoms with Crippen LogP contribution < -0.4 is 0 Å². The normalized spacial score (nSPS) is 12.1. The molecule has 0 aliphatic carbocycles. The number of carbonyl (C=O) groups is 2. The summed E-state index contributed by atoms with van der Waals surface area (Å²) in [6, 6.07) is -0.145. The van der Waals surface area contributed by atoms with Crippen molar-refractivity contribution in [2.75, 3.05) is 13.2 Å². The van der Waals surface area contributed by atoms with E-state index in [9.17, 15) is 9.59 Å². The highest BCUT2D eigenvalue weighted by Gasteiger charge is 2.11. The third-order valence-corrected chi connectivity index (χ3v) is 2.16. The van der Waals surface area contributed by atoms with Crippen LogP contribution in [0.15, 0.2) is 0 Å². The summed E-state index contributed by atoms with van der Waals surface area (Å²) in [7, 11) is 0. The van der Waals surface area contributed by atoms with Crippen LogP contribution in [-0.2, 0) is 20.9 Å². The molecule has 0 fully saturated rings. The number of nitrogens with zero attached hydrogens (tertiary/aromatic N) is 4. The Kier molecular flexibility index (Phi) is 5.86. The van der Waals surface area contributed by atoms with E-state index >= 15 is 0 Å². The summed E-state index contributed by atoms with van der Waals surface area (Å²) in [5.41, 5.74) is 0. The van der Waals surface area contributed by atoms with Gasteiger partial charge in [0.15, 0.2) is 11.6 Å². The van der Waals surface area contributed by atoms with E-state index in [0.717, 1.165) is 0 Å². The molecule has 9 nitrogen and oxygen atoms in total. The van der Waals surface area contributed by atoms with Crippen LogP contribution in [0.2, 0.25) is 0 Å². The fourth-order valence-electron chi connectivity index (χ4n) is 1.22. The first-order valence-corrected chi connectivity index (χ1v) is 5.70. The van der Waals surface area contributed by atoms with E-state index in [2.05, 4.69) is 20.1 Å². The molecule has 0 aliphatic rings. The molecule has 0 aliphatic heterocycles. The lowest BCUT2D eigenvalue weighted by Crippen LogP contribution is -2.13. The molecular weight excluding hydrogens is 256 g/mol. The topological polar surface area (TPSA) is 116 Å². The molecule has 1 atom stereocenters. The minimum atomic E-state index is -1.31. The molecule has 1 rings (SSSR count). The van der Waals surface area contributed by atoms with Crippen molar-refractivity contribution >= 4 is 11.9 Å². The Morgan fingerprint density at radius 3 is 2.84 bits per heavy atom. The second-order valence-corrected chi connectivity index (χ2v) is 3.97. The molecule has 1 aromatic heterocycles. The molecule has 1 heterocycles. The monoisotopic (exact) mass is 272 g/mol. The van der Waals surface area contributed by atoms with E-state index in [4.69, 9.17) is 9.84 Å². The Morgan fingerprint density at radius 2 is 2.21 bits per heavy atom. The fraction of sp³-hybridized carbons (Fsp3) is 0.700. The molecule has 19 heavy (non-hydrogen) atoms. The summed E-state index contributed by atoms with van der Waals surface area (Å²) in [6.07, 6.45) is -0.867. The molecule has 0 unspecified atom stereocenters. The first-order chi connectivity index (χ1) is 8.99. The summed E-state index contributed by atoms with van der Waals surface area (Å²) < 4.78 is 9.45. The van der Waals surface area contributed by atoms with Crippen molar-refractivity contribution in [1.82, 2.24) is 20.2 Å². The molecule has 0 saturated heterocycles. The molecule has 0 spiro atoms. The second-order valence-electron chi connectivity index (χ2n) is 3.97. The highest BCUT2D eigenvalue weighted by atomic mass is 16.7. The average molecular weight is 272 g/mol. The van der Waals surface area contributed by atoms with Gasteiger partial charge >= 0.3 is 6.16 Å². The van der Waals surface area contributed by atoms with Crippen LogP contribution >= 0.6 is 0 Å². The fourth-order valence-corrected chi connectivity index (χ4v) is 1.22. The van der Waals surface area contributed by atoms with Crippen LogP contribution in [0.25, 0.3) is 0 Å². The lowest BCUT2D eigenvalue weighted by molar-refractivity contribution is -0.121. The van der Waals surface area contributed by atoms with Crippen molar-refractivity contribution in [2.24, 2.45) is 0 Å². The number of hydrogen-bond donors (Lipinski definition) is 1. The van der Waals surface area contributed by atoms with Gasteiger partial charge in [-0.05, 0) is 19.1 Å². The van der Waals surface area contributed by atoms with Gasteiger partial charge in [-0.3, -0.25) is 4.79 Å². The molecule has 0 aromatic carbocycles. The molecule has 0 radical (unpaired) electrons.